The van der Waals surface area contributed by atoms with Gasteiger partial charge in [-0.1, -0.05) is 26.7 Å². The Morgan fingerprint density at radius 3 is 2.47 bits per heavy atom. The predicted molar refractivity (Wildman–Crippen MR) is 70.0 cm³/mol. The Balaban J connectivity index is 2.59. The molecule has 0 heterocycles. The fourth-order valence-electron chi connectivity index (χ4n) is 2.27. The minimum Gasteiger partial charge on any atom is -0.465 e. The highest BCUT2D eigenvalue weighted by molar-refractivity contribution is 5.75. The lowest BCUT2D eigenvalue weighted by atomic mass is 10.1. The molecule has 1 aliphatic rings. The lowest BCUT2D eigenvalue weighted by Crippen LogP contribution is -2.44. The van der Waals surface area contributed by atoms with E-state index in [2.05, 4.69) is 18.7 Å². The largest absolute Gasteiger partial charge is 0.465 e. The van der Waals surface area contributed by atoms with Crippen molar-refractivity contribution in [1.29, 1.82) is 0 Å². The number of hydrogen-bond acceptors (Lipinski definition) is 3. The molecule has 0 radical (unpaired) electrons. The molecule has 100 valence electrons. The van der Waals surface area contributed by atoms with Crippen LogP contribution in [0.5, 0.6) is 0 Å². The maximum absolute atomic E-state index is 12.0. The Morgan fingerprint density at radius 1 is 1.29 bits per heavy atom. The van der Waals surface area contributed by atoms with Crippen molar-refractivity contribution in [3.63, 3.8) is 0 Å². The van der Waals surface area contributed by atoms with Crippen molar-refractivity contribution >= 4 is 5.97 Å². The molecular weight excluding hydrogens is 214 g/mol. The van der Waals surface area contributed by atoms with Gasteiger partial charge in [0, 0.05) is 6.04 Å². The van der Waals surface area contributed by atoms with E-state index in [9.17, 15) is 4.79 Å². The summed E-state index contributed by atoms with van der Waals surface area (Å²) in [5, 5.41) is 0. The normalized spacial score (nSPS) is 17.2. The van der Waals surface area contributed by atoms with Gasteiger partial charge in [0.1, 0.15) is 6.04 Å². The molecule has 0 aliphatic heterocycles. The standard InChI is InChI=1S/C14H27NO2/c1-4-7-11-15(12-9-10-12)13(8-5-2)14(16)17-6-3/h12-13H,4-11H2,1-3H3. The summed E-state index contributed by atoms with van der Waals surface area (Å²) in [5.41, 5.74) is 0. The second-order valence-electron chi connectivity index (χ2n) is 4.88. The first-order valence-corrected chi connectivity index (χ1v) is 7.16. The van der Waals surface area contributed by atoms with E-state index in [4.69, 9.17) is 4.74 Å². The Bertz CT molecular complexity index is 226. The molecule has 0 spiro atoms. The van der Waals surface area contributed by atoms with E-state index in [0.717, 1.165) is 19.4 Å². The SMILES string of the molecule is CCCCN(C1CC1)C(CCC)C(=O)OCC. The predicted octanol–water partition coefficient (Wildman–Crippen LogP) is 2.98. The van der Waals surface area contributed by atoms with E-state index < -0.39 is 0 Å². The molecule has 0 aromatic carbocycles. The van der Waals surface area contributed by atoms with Crippen LogP contribution in [0.2, 0.25) is 0 Å². The third-order valence-electron chi connectivity index (χ3n) is 3.31. The number of ether oxygens (including phenoxy) is 1. The number of carbonyl (C=O) groups is 1. The topological polar surface area (TPSA) is 29.5 Å². The Hall–Kier alpha value is -0.570. The minimum absolute atomic E-state index is 0.000926. The van der Waals surface area contributed by atoms with Crippen molar-refractivity contribution in [3.8, 4) is 0 Å². The maximum atomic E-state index is 12.0. The van der Waals surface area contributed by atoms with Crippen LogP contribution in [0.4, 0.5) is 0 Å². The molecule has 17 heavy (non-hydrogen) atoms. The van der Waals surface area contributed by atoms with E-state index in [-0.39, 0.29) is 12.0 Å². The molecule has 0 bridgehead atoms. The zero-order chi connectivity index (χ0) is 12.7. The maximum Gasteiger partial charge on any atom is 0.323 e. The average molecular weight is 241 g/mol. The molecule has 1 saturated carbocycles. The molecule has 1 atom stereocenters. The van der Waals surface area contributed by atoms with Gasteiger partial charge in [0.15, 0.2) is 0 Å². The summed E-state index contributed by atoms with van der Waals surface area (Å²) < 4.78 is 5.21. The van der Waals surface area contributed by atoms with Gasteiger partial charge in [0.2, 0.25) is 0 Å². The van der Waals surface area contributed by atoms with Crippen LogP contribution in [0.3, 0.4) is 0 Å². The van der Waals surface area contributed by atoms with Gasteiger partial charge < -0.3 is 4.74 Å². The number of carbonyl (C=O) groups excluding carboxylic acids is 1. The van der Waals surface area contributed by atoms with Crippen LogP contribution in [-0.4, -0.2) is 36.1 Å². The first-order valence-electron chi connectivity index (χ1n) is 7.16. The van der Waals surface area contributed by atoms with Crippen LogP contribution >= 0.6 is 0 Å². The average Bonchev–Trinajstić information content (AvgIpc) is 3.12. The molecule has 3 heteroatoms. The van der Waals surface area contributed by atoms with Crippen LogP contribution in [-0.2, 0) is 9.53 Å². The van der Waals surface area contributed by atoms with Gasteiger partial charge in [-0.05, 0) is 39.2 Å². The molecule has 1 rings (SSSR count). The van der Waals surface area contributed by atoms with E-state index in [1.807, 2.05) is 6.92 Å². The van der Waals surface area contributed by atoms with Crippen LogP contribution in [0.1, 0.15) is 59.3 Å². The lowest BCUT2D eigenvalue weighted by Gasteiger charge is -2.30. The van der Waals surface area contributed by atoms with E-state index in [1.54, 1.807) is 0 Å². The summed E-state index contributed by atoms with van der Waals surface area (Å²) in [6.45, 7) is 7.76. The van der Waals surface area contributed by atoms with Crippen molar-refractivity contribution in [1.82, 2.24) is 4.90 Å². The highest BCUT2D eigenvalue weighted by Gasteiger charge is 2.36. The zero-order valence-corrected chi connectivity index (χ0v) is 11.6. The molecule has 1 aliphatic carbocycles. The van der Waals surface area contributed by atoms with Crippen LogP contribution in [0.25, 0.3) is 0 Å². The summed E-state index contributed by atoms with van der Waals surface area (Å²) in [6.07, 6.45) is 6.84. The molecule has 0 amide bonds. The first kappa shape index (κ1) is 14.5. The van der Waals surface area contributed by atoms with Crippen molar-refractivity contribution < 1.29 is 9.53 Å². The smallest absolute Gasteiger partial charge is 0.323 e. The van der Waals surface area contributed by atoms with E-state index in [0.29, 0.717) is 12.6 Å². The molecule has 1 fully saturated rings. The Morgan fingerprint density at radius 2 is 2.00 bits per heavy atom. The highest BCUT2D eigenvalue weighted by Crippen LogP contribution is 2.30. The molecular formula is C14H27NO2. The summed E-state index contributed by atoms with van der Waals surface area (Å²) in [7, 11) is 0. The molecule has 3 nitrogen and oxygen atoms in total. The lowest BCUT2D eigenvalue weighted by molar-refractivity contribution is -0.150. The minimum atomic E-state index is -0.0163. The number of rotatable bonds is 9. The molecule has 1 unspecified atom stereocenters. The number of unbranched alkanes of at least 4 members (excludes halogenated alkanes) is 1. The first-order chi connectivity index (χ1) is 8.24. The molecule has 0 aromatic rings. The fourth-order valence-corrected chi connectivity index (χ4v) is 2.27. The van der Waals surface area contributed by atoms with Gasteiger partial charge in [-0.2, -0.15) is 0 Å². The third kappa shape index (κ3) is 4.66. The van der Waals surface area contributed by atoms with Gasteiger partial charge in [0.25, 0.3) is 0 Å². The van der Waals surface area contributed by atoms with Gasteiger partial charge >= 0.3 is 5.97 Å². The quantitative estimate of drug-likeness (QED) is 0.581. The van der Waals surface area contributed by atoms with E-state index in [1.165, 1.54) is 25.7 Å². The number of esters is 1. The van der Waals surface area contributed by atoms with Gasteiger partial charge in [0.05, 0.1) is 6.61 Å². The highest BCUT2D eigenvalue weighted by atomic mass is 16.5. The van der Waals surface area contributed by atoms with Crippen LogP contribution in [0, 0.1) is 0 Å². The van der Waals surface area contributed by atoms with Crippen LogP contribution in [0.15, 0.2) is 0 Å². The summed E-state index contributed by atoms with van der Waals surface area (Å²) in [4.78, 5) is 14.4. The molecule has 0 N–H and O–H groups in total. The number of hydrogen-bond donors (Lipinski definition) is 0. The third-order valence-corrected chi connectivity index (χ3v) is 3.31. The van der Waals surface area contributed by atoms with Gasteiger partial charge in [-0.3, -0.25) is 9.69 Å². The number of nitrogens with zero attached hydrogens (tertiary/aromatic N) is 1. The second-order valence-corrected chi connectivity index (χ2v) is 4.88. The van der Waals surface area contributed by atoms with Crippen molar-refractivity contribution in [2.75, 3.05) is 13.2 Å². The monoisotopic (exact) mass is 241 g/mol. The Kier molecular flexibility index (Phi) is 6.56. The van der Waals surface area contributed by atoms with Crippen molar-refractivity contribution in [2.24, 2.45) is 0 Å². The molecule has 0 aromatic heterocycles. The summed E-state index contributed by atoms with van der Waals surface area (Å²) >= 11 is 0. The molecule has 0 saturated heterocycles. The summed E-state index contributed by atoms with van der Waals surface area (Å²) in [5.74, 6) is -0.0163. The van der Waals surface area contributed by atoms with E-state index >= 15 is 0 Å². The fraction of sp³-hybridized carbons (Fsp3) is 0.929. The van der Waals surface area contributed by atoms with Crippen molar-refractivity contribution in [3.05, 3.63) is 0 Å². The zero-order valence-electron chi connectivity index (χ0n) is 11.6. The van der Waals surface area contributed by atoms with Gasteiger partial charge in [-0.15, -0.1) is 0 Å². The van der Waals surface area contributed by atoms with Crippen molar-refractivity contribution in [2.45, 2.75) is 71.4 Å². The second kappa shape index (κ2) is 7.70. The summed E-state index contributed by atoms with van der Waals surface area (Å²) in [6, 6.07) is 0.640. The van der Waals surface area contributed by atoms with Crippen LogP contribution < -0.4 is 0 Å². The Labute approximate surface area is 106 Å². The van der Waals surface area contributed by atoms with Gasteiger partial charge in [-0.25, -0.2) is 0 Å².